The van der Waals surface area contributed by atoms with Crippen molar-refractivity contribution in [2.75, 3.05) is 13.2 Å². The summed E-state index contributed by atoms with van der Waals surface area (Å²) < 4.78 is 23.0. The van der Waals surface area contributed by atoms with Crippen molar-refractivity contribution < 1.29 is 28.2 Å². The van der Waals surface area contributed by atoms with Crippen molar-refractivity contribution in [1.82, 2.24) is 10.6 Å². The van der Waals surface area contributed by atoms with E-state index < -0.39 is 35.4 Å². The van der Waals surface area contributed by atoms with Crippen molar-refractivity contribution in [3.63, 3.8) is 0 Å². The second kappa shape index (κ2) is 10.4. The van der Waals surface area contributed by atoms with Gasteiger partial charge in [0.05, 0.1) is 6.61 Å². The third-order valence-electron chi connectivity index (χ3n) is 2.37. The zero-order chi connectivity index (χ0) is 18.8. The molecule has 2 amide bonds. The molecule has 0 unspecified atom stereocenters. The van der Waals surface area contributed by atoms with Gasteiger partial charge in [0.2, 0.25) is 5.91 Å². The fraction of sp³-hybridized carbons (Fsp3) is 0.562. The standard InChI is InChI=1S/C16H25FN2O5/c1-6-23-13(20)8-7-12(17)9-10-18-14(21)11(2)19-15(22)24-16(3,4)5/h7-9,11H,6,10H2,1-5H3,(H,18,21)(H,19,22)/b8-7+,12-9-/t11-/m0/s1. The molecule has 0 aromatic heterocycles. The second-order valence-corrected chi connectivity index (χ2v) is 5.79. The van der Waals surface area contributed by atoms with Gasteiger partial charge in [0.25, 0.3) is 0 Å². The largest absolute Gasteiger partial charge is 0.463 e. The van der Waals surface area contributed by atoms with Crippen LogP contribution in [-0.2, 0) is 19.1 Å². The Morgan fingerprint density at radius 2 is 1.83 bits per heavy atom. The fourth-order valence-electron chi connectivity index (χ4n) is 1.36. The monoisotopic (exact) mass is 344 g/mol. The molecule has 8 heteroatoms. The zero-order valence-corrected chi connectivity index (χ0v) is 14.6. The number of halogens is 1. The predicted octanol–water partition coefficient (Wildman–Crippen LogP) is 1.99. The lowest BCUT2D eigenvalue weighted by Crippen LogP contribution is -2.46. The van der Waals surface area contributed by atoms with E-state index in [0.29, 0.717) is 0 Å². The second-order valence-electron chi connectivity index (χ2n) is 5.79. The van der Waals surface area contributed by atoms with Gasteiger partial charge in [-0.25, -0.2) is 14.0 Å². The normalized spacial score (nSPS) is 13.3. The third-order valence-corrected chi connectivity index (χ3v) is 2.37. The molecule has 0 bridgehead atoms. The summed E-state index contributed by atoms with van der Waals surface area (Å²) in [6, 6.07) is -0.841. The van der Waals surface area contributed by atoms with Crippen LogP contribution in [0.5, 0.6) is 0 Å². The molecule has 2 N–H and O–H groups in total. The van der Waals surface area contributed by atoms with Gasteiger partial charge in [-0.1, -0.05) is 0 Å². The van der Waals surface area contributed by atoms with E-state index in [9.17, 15) is 18.8 Å². The van der Waals surface area contributed by atoms with Crippen LogP contribution in [0.25, 0.3) is 0 Å². The van der Waals surface area contributed by atoms with Gasteiger partial charge < -0.3 is 20.1 Å². The first-order valence-electron chi connectivity index (χ1n) is 7.53. The van der Waals surface area contributed by atoms with Crippen LogP contribution < -0.4 is 10.6 Å². The molecule has 1 atom stereocenters. The van der Waals surface area contributed by atoms with Gasteiger partial charge in [-0.05, 0) is 46.8 Å². The molecular weight excluding hydrogens is 319 g/mol. The van der Waals surface area contributed by atoms with Crippen molar-refractivity contribution in [1.29, 1.82) is 0 Å². The maximum Gasteiger partial charge on any atom is 0.408 e. The van der Waals surface area contributed by atoms with Crippen LogP contribution >= 0.6 is 0 Å². The highest BCUT2D eigenvalue weighted by Crippen LogP contribution is 2.06. The van der Waals surface area contributed by atoms with Crippen molar-refractivity contribution in [2.24, 2.45) is 0 Å². The number of hydrogen-bond acceptors (Lipinski definition) is 5. The number of carbonyl (C=O) groups excluding carboxylic acids is 3. The zero-order valence-electron chi connectivity index (χ0n) is 14.6. The van der Waals surface area contributed by atoms with Gasteiger partial charge in [0.15, 0.2) is 0 Å². The van der Waals surface area contributed by atoms with Gasteiger partial charge in [-0.15, -0.1) is 0 Å². The SMILES string of the molecule is CCOC(=O)/C=C/C(F)=C/CNC(=O)[C@H](C)NC(=O)OC(C)(C)C. The molecule has 0 aliphatic rings. The smallest absolute Gasteiger partial charge is 0.408 e. The molecular formula is C16H25FN2O5. The van der Waals surface area contributed by atoms with Crippen LogP contribution in [0.4, 0.5) is 9.18 Å². The number of ether oxygens (including phenoxy) is 2. The Bertz CT molecular complexity index is 509. The van der Waals surface area contributed by atoms with Crippen molar-refractivity contribution >= 4 is 18.0 Å². The molecule has 136 valence electrons. The van der Waals surface area contributed by atoms with Crippen molar-refractivity contribution in [3.8, 4) is 0 Å². The number of rotatable bonds is 7. The number of alkyl carbamates (subject to hydrolysis) is 1. The van der Waals surface area contributed by atoms with Crippen LogP contribution in [-0.4, -0.2) is 42.8 Å². The molecule has 7 nitrogen and oxygen atoms in total. The van der Waals surface area contributed by atoms with E-state index in [1.165, 1.54) is 6.92 Å². The van der Waals surface area contributed by atoms with Crippen LogP contribution in [0.3, 0.4) is 0 Å². The van der Waals surface area contributed by atoms with E-state index in [0.717, 1.165) is 18.2 Å². The Hall–Kier alpha value is -2.38. The van der Waals surface area contributed by atoms with Gasteiger partial charge >= 0.3 is 12.1 Å². The molecule has 0 radical (unpaired) electrons. The molecule has 0 spiro atoms. The molecule has 0 aliphatic heterocycles. The molecule has 0 aromatic carbocycles. The summed E-state index contributed by atoms with van der Waals surface area (Å²) in [4.78, 5) is 34.3. The lowest BCUT2D eigenvalue weighted by atomic mass is 10.2. The topological polar surface area (TPSA) is 93.7 Å². The molecule has 0 aliphatic carbocycles. The minimum atomic E-state index is -0.841. The molecule has 24 heavy (non-hydrogen) atoms. The van der Waals surface area contributed by atoms with Crippen LogP contribution in [0.1, 0.15) is 34.6 Å². The summed E-state index contributed by atoms with van der Waals surface area (Å²) in [6.45, 7) is 8.32. The average molecular weight is 344 g/mol. The quantitative estimate of drug-likeness (QED) is 0.418. The Balaban J connectivity index is 4.26. The van der Waals surface area contributed by atoms with Gasteiger partial charge in [-0.2, -0.15) is 0 Å². The maximum absolute atomic E-state index is 13.4. The summed E-state index contributed by atoms with van der Waals surface area (Å²) in [7, 11) is 0. The molecule has 0 aromatic rings. The van der Waals surface area contributed by atoms with Crippen LogP contribution in [0.15, 0.2) is 24.1 Å². The summed E-state index contributed by atoms with van der Waals surface area (Å²) >= 11 is 0. The molecule has 0 saturated heterocycles. The highest BCUT2D eigenvalue weighted by molar-refractivity contribution is 5.85. The molecule has 0 fully saturated rings. The van der Waals surface area contributed by atoms with Gasteiger partial charge in [0.1, 0.15) is 17.5 Å². The number of hydrogen-bond donors (Lipinski definition) is 2. The van der Waals surface area contributed by atoms with E-state index in [1.54, 1.807) is 27.7 Å². The van der Waals surface area contributed by atoms with E-state index in [2.05, 4.69) is 15.4 Å². The average Bonchev–Trinajstić information content (AvgIpc) is 2.43. The minimum absolute atomic E-state index is 0.0990. The Labute approximate surface area is 141 Å². The third kappa shape index (κ3) is 11.2. The summed E-state index contributed by atoms with van der Waals surface area (Å²) in [5.41, 5.74) is -0.669. The fourth-order valence-corrected chi connectivity index (χ4v) is 1.36. The summed E-state index contributed by atoms with van der Waals surface area (Å²) in [5, 5.41) is 4.78. The number of allylic oxidation sites excluding steroid dienone is 2. The maximum atomic E-state index is 13.4. The Morgan fingerprint density at radius 1 is 1.21 bits per heavy atom. The summed E-state index contributed by atoms with van der Waals surface area (Å²) in [6.07, 6.45) is 2.24. The minimum Gasteiger partial charge on any atom is -0.463 e. The Morgan fingerprint density at radius 3 is 2.38 bits per heavy atom. The number of carbonyl (C=O) groups is 3. The van der Waals surface area contributed by atoms with Crippen LogP contribution in [0, 0.1) is 0 Å². The first kappa shape index (κ1) is 21.6. The number of amides is 2. The van der Waals surface area contributed by atoms with E-state index in [-0.39, 0.29) is 13.2 Å². The molecule has 0 rings (SSSR count). The van der Waals surface area contributed by atoms with Crippen molar-refractivity contribution in [2.45, 2.75) is 46.3 Å². The first-order valence-corrected chi connectivity index (χ1v) is 7.53. The predicted molar refractivity (Wildman–Crippen MR) is 86.8 cm³/mol. The van der Waals surface area contributed by atoms with Crippen LogP contribution in [0.2, 0.25) is 0 Å². The van der Waals surface area contributed by atoms with Crippen molar-refractivity contribution in [3.05, 3.63) is 24.1 Å². The van der Waals surface area contributed by atoms with Gasteiger partial charge in [-0.3, -0.25) is 4.79 Å². The van der Waals surface area contributed by atoms with E-state index in [1.807, 2.05) is 0 Å². The van der Waals surface area contributed by atoms with E-state index in [4.69, 9.17) is 4.74 Å². The molecule has 0 saturated carbocycles. The Kier molecular flexibility index (Phi) is 9.37. The molecule has 0 heterocycles. The van der Waals surface area contributed by atoms with E-state index >= 15 is 0 Å². The summed E-state index contributed by atoms with van der Waals surface area (Å²) in [5.74, 6) is -1.85. The highest BCUT2D eigenvalue weighted by atomic mass is 19.1. The first-order chi connectivity index (χ1) is 11.0. The number of esters is 1. The lowest BCUT2D eigenvalue weighted by Gasteiger charge is -2.21. The lowest BCUT2D eigenvalue weighted by molar-refractivity contribution is -0.137. The van der Waals surface area contributed by atoms with Gasteiger partial charge in [0, 0.05) is 12.6 Å². The highest BCUT2D eigenvalue weighted by Gasteiger charge is 2.20. The number of nitrogens with one attached hydrogen (secondary N) is 2.